The van der Waals surface area contributed by atoms with E-state index < -0.39 is 15.9 Å². The van der Waals surface area contributed by atoms with E-state index in [4.69, 9.17) is 0 Å². The number of fused-ring (bicyclic) bond motifs is 1. The molecule has 0 aromatic heterocycles. The number of benzene rings is 2. The molecular formula is C22H28N4O4S. The van der Waals surface area contributed by atoms with Crippen molar-refractivity contribution >= 4 is 27.5 Å². The lowest BCUT2D eigenvalue weighted by Gasteiger charge is -2.30. The van der Waals surface area contributed by atoms with Crippen molar-refractivity contribution in [1.29, 1.82) is 0 Å². The number of nitrogens with zero attached hydrogens (tertiary/aromatic N) is 1. The van der Waals surface area contributed by atoms with Crippen LogP contribution in [0.5, 0.6) is 0 Å². The minimum atomic E-state index is -3.70. The average molecular weight is 445 g/mol. The van der Waals surface area contributed by atoms with Crippen LogP contribution in [0.15, 0.2) is 47.4 Å². The van der Waals surface area contributed by atoms with E-state index in [0.717, 1.165) is 36.2 Å². The molecule has 0 aliphatic carbocycles. The van der Waals surface area contributed by atoms with E-state index in [1.54, 1.807) is 12.1 Å². The molecule has 0 atom stereocenters. The molecule has 166 valence electrons. The van der Waals surface area contributed by atoms with Crippen molar-refractivity contribution in [3.63, 3.8) is 0 Å². The van der Waals surface area contributed by atoms with Crippen LogP contribution in [-0.2, 0) is 26.0 Å². The summed E-state index contributed by atoms with van der Waals surface area (Å²) in [7, 11) is -3.70. The van der Waals surface area contributed by atoms with Crippen molar-refractivity contribution in [2.45, 2.75) is 38.0 Å². The Bertz CT molecular complexity index is 1070. The fraction of sp³-hybridized carbons (Fsp3) is 0.364. The molecule has 0 bridgehead atoms. The van der Waals surface area contributed by atoms with Crippen molar-refractivity contribution in [2.24, 2.45) is 0 Å². The zero-order chi connectivity index (χ0) is 22.4. The van der Waals surface area contributed by atoms with Crippen LogP contribution in [0.2, 0.25) is 0 Å². The molecule has 1 heterocycles. The van der Waals surface area contributed by atoms with Gasteiger partial charge in [0.1, 0.15) is 0 Å². The lowest BCUT2D eigenvalue weighted by atomic mass is 10.0. The normalized spacial score (nSPS) is 13.4. The highest BCUT2D eigenvalue weighted by Crippen LogP contribution is 2.26. The Morgan fingerprint density at radius 1 is 1.00 bits per heavy atom. The summed E-state index contributed by atoms with van der Waals surface area (Å²) in [5.41, 5.74) is 8.86. The number of anilines is 1. The third kappa shape index (κ3) is 6.05. The number of nitrogens with one attached hydrogen (secondary N) is 3. The molecule has 0 saturated heterocycles. The van der Waals surface area contributed by atoms with Gasteiger partial charge in [0.25, 0.3) is 5.91 Å². The summed E-state index contributed by atoms with van der Waals surface area (Å²) in [6.45, 7) is 4.58. The van der Waals surface area contributed by atoms with Crippen molar-refractivity contribution in [2.75, 3.05) is 24.5 Å². The molecule has 0 fully saturated rings. The van der Waals surface area contributed by atoms with Crippen LogP contribution in [-0.4, -0.2) is 39.9 Å². The van der Waals surface area contributed by atoms with E-state index in [9.17, 15) is 18.0 Å². The van der Waals surface area contributed by atoms with Gasteiger partial charge in [-0.2, -0.15) is 0 Å². The van der Waals surface area contributed by atoms with Crippen molar-refractivity contribution in [3.05, 3.63) is 59.2 Å². The van der Waals surface area contributed by atoms with Gasteiger partial charge in [-0.1, -0.05) is 24.3 Å². The number of hydrogen-bond donors (Lipinski definition) is 3. The fourth-order valence-corrected chi connectivity index (χ4v) is 4.57. The maximum atomic E-state index is 12.3. The predicted molar refractivity (Wildman–Crippen MR) is 119 cm³/mol. The van der Waals surface area contributed by atoms with Gasteiger partial charge in [0.05, 0.1) is 11.4 Å². The number of aryl methyl sites for hydroxylation is 3. The zero-order valence-corrected chi connectivity index (χ0v) is 18.6. The monoisotopic (exact) mass is 444 g/mol. The molecule has 2 aromatic carbocycles. The van der Waals surface area contributed by atoms with E-state index in [1.807, 2.05) is 36.9 Å². The summed E-state index contributed by atoms with van der Waals surface area (Å²) < 4.78 is 27.1. The highest BCUT2D eigenvalue weighted by Gasteiger charge is 2.19. The standard InChI is InChI=1S/C22H28N4O4S/c1-16-9-10-19(14-17(16)2)31(29,30)23-12-11-21(27)24-25-22(28)15-26-13-5-7-18-6-3-4-8-20(18)26/h3-4,6,8-10,14,23H,5,7,11-13,15H2,1-2H3,(H,24,27)(H,25,28). The third-order valence-electron chi connectivity index (χ3n) is 5.32. The van der Waals surface area contributed by atoms with Crippen molar-refractivity contribution in [1.82, 2.24) is 15.6 Å². The van der Waals surface area contributed by atoms with E-state index in [-0.39, 0.29) is 30.3 Å². The molecule has 0 saturated carbocycles. The number of hydrazine groups is 1. The number of rotatable bonds is 7. The maximum Gasteiger partial charge on any atom is 0.257 e. The maximum absolute atomic E-state index is 12.3. The van der Waals surface area contributed by atoms with E-state index in [2.05, 4.69) is 21.6 Å². The summed E-state index contributed by atoms with van der Waals surface area (Å²) >= 11 is 0. The topological polar surface area (TPSA) is 108 Å². The molecule has 2 aromatic rings. The van der Waals surface area contributed by atoms with Gasteiger partial charge < -0.3 is 4.90 Å². The lowest BCUT2D eigenvalue weighted by Crippen LogP contribution is -2.47. The molecule has 2 amide bonds. The Morgan fingerprint density at radius 3 is 2.52 bits per heavy atom. The second-order valence-corrected chi connectivity index (χ2v) is 9.41. The summed E-state index contributed by atoms with van der Waals surface area (Å²) in [5.74, 6) is -0.809. The molecule has 8 nitrogen and oxygen atoms in total. The first kappa shape index (κ1) is 22.8. The third-order valence-corrected chi connectivity index (χ3v) is 6.77. The molecule has 0 unspecified atom stereocenters. The number of hydrogen-bond acceptors (Lipinski definition) is 5. The van der Waals surface area contributed by atoms with Crippen LogP contribution in [0.3, 0.4) is 0 Å². The number of carbonyl (C=O) groups is 2. The van der Waals surface area contributed by atoms with E-state index in [0.29, 0.717) is 0 Å². The summed E-state index contributed by atoms with van der Waals surface area (Å²) in [6, 6.07) is 12.8. The first-order valence-corrected chi connectivity index (χ1v) is 11.7. The van der Waals surface area contributed by atoms with E-state index in [1.165, 1.54) is 11.6 Å². The summed E-state index contributed by atoms with van der Waals surface area (Å²) in [4.78, 5) is 26.4. The van der Waals surface area contributed by atoms with Crippen LogP contribution < -0.4 is 20.5 Å². The SMILES string of the molecule is Cc1ccc(S(=O)(=O)NCCC(=O)NNC(=O)CN2CCCc3ccccc32)cc1C. The van der Waals surface area contributed by atoms with Gasteiger partial charge >= 0.3 is 0 Å². The lowest BCUT2D eigenvalue weighted by molar-refractivity contribution is -0.128. The van der Waals surface area contributed by atoms with Crippen LogP contribution in [0.25, 0.3) is 0 Å². The molecule has 3 rings (SSSR count). The second-order valence-electron chi connectivity index (χ2n) is 7.64. The highest BCUT2D eigenvalue weighted by molar-refractivity contribution is 7.89. The first-order chi connectivity index (χ1) is 14.8. The minimum absolute atomic E-state index is 0.0730. The molecule has 31 heavy (non-hydrogen) atoms. The number of sulfonamides is 1. The molecule has 0 spiro atoms. The second kappa shape index (κ2) is 9.93. The van der Waals surface area contributed by atoms with Crippen LogP contribution >= 0.6 is 0 Å². The van der Waals surface area contributed by atoms with Gasteiger partial charge in [-0.3, -0.25) is 20.4 Å². The van der Waals surface area contributed by atoms with Crippen LogP contribution in [0.4, 0.5) is 5.69 Å². The van der Waals surface area contributed by atoms with Gasteiger partial charge in [0.2, 0.25) is 15.9 Å². The Balaban J connectivity index is 1.42. The molecular weight excluding hydrogens is 416 g/mol. The van der Waals surface area contributed by atoms with Gasteiger partial charge in [0.15, 0.2) is 0 Å². The van der Waals surface area contributed by atoms with Gasteiger partial charge in [-0.25, -0.2) is 13.1 Å². The smallest absolute Gasteiger partial charge is 0.257 e. The Labute approximate surface area is 183 Å². The Kier molecular flexibility index (Phi) is 7.29. The Hall–Kier alpha value is -2.91. The van der Waals surface area contributed by atoms with Crippen molar-refractivity contribution in [3.8, 4) is 0 Å². The number of carbonyl (C=O) groups excluding carboxylic acids is 2. The van der Waals surface area contributed by atoms with Gasteiger partial charge in [0, 0.05) is 25.2 Å². The largest absolute Gasteiger partial charge is 0.362 e. The van der Waals surface area contributed by atoms with Gasteiger partial charge in [-0.15, -0.1) is 0 Å². The predicted octanol–water partition coefficient (Wildman–Crippen LogP) is 1.57. The average Bonchev–Trinajstić information content (AvgIpc) is 2.74. The van der Waals surface area contributed by atoms with Crippen molar-refractivity contribution < 1.29 is 18.0 Å². The Morgan fingerprint density at radius 2 is 1.74 bits per heavy atom. The van der Waals surface area contributed by atoms with E-state index >= 15 is 0 Å². The zero-order valence-electron chi connectivity index (χ0n) is 17.8. The molecule has 1 aliphatic rings. The van der Waals surface area contributed by atoms with Crippen LogP contribution in [0.1, 0.15) is 29.5 Å². The molecule has 0 radical (unpaired) electrons. The van der Waals surface area contributed by atoms with Crippen LogP contribution in [0, 0.1) is 13.8 Å². The minimum Gasteiger partial charge on any atom is -0.362 e. The molecule has 9 heteroatoms. The molecule has 3 N–H and O–H groups in total. The number of para-hydroxylation sites is 1. The molecule has 1 aliphatic heterocycles. The summed E-state index contributed by atoms with van der Waals surface area (Å²) in [5, 5.41) is 0. The fourth-order valence-electron chi connectivity index (χ4n) is 3.45. The van der Waals surface area contributed by atoms with Gasteiger partial charge in [-0.05, 0) is 61.6 Å². The first-order valence-electron chi connectivity index (χ1n) is 10.2. The summed E-state index contributed by atoms with van der Waals surface area (Å²) in [6.07, 6.45) is 1.86. The number of amides is 2. The quantitative estimate of drug-likeness (QED) is 0.562. The highest BCUT2D eigenvalue weighted by atomic mass is 32.2.